The zero-order chi connectivity index (χ0) is 14.5. The molecule has 0 fully saturated rings. The van der Waals surface area contributed by atoms with Gasteiger partial charge in [-0.3, -0.25) is 0 Å². The first-order chi connectivity index (χ1) is 10.9. The van der Waals surface area contributed by atoms with Crippen molar-refractivity contribution in [2.75, 3.05) is 0 Å². The Bertz CT molecular complexity index is 812. The highest BCUT2D eigenvalue weighted by molar-refractivity contribution is 5.82. The van der Waals surface area contributed by atoms with E-state index in [4.69, 9.17) is 0 Å². The Morgan fingerprint density at radius 2 is 0.864 bits per heavy atom. The molecule has 22 heavy (non-hydrogen) atoms. The molecule has 2 aliphatic rings. The second kappa shape index (κ2) is 4.58. The minimum atomic E-state index is 1.18. The molecule has 0 aromatic heterocycles. The van der Waals surface area contributed by atoms with E-state index in [1.54, 1.807) is 11.1 Å². The van der Waals surface area contributed by atoms with Gasteiger partial charge < -0.3 is 0 Å². The van der Waals surface area contributed by atoms with E-state index >= 15 is 0 Å². The van der Waals surface area contributed by atoms with Crippen LogP contribution in [-0.4, -0.2) is 0 Å². The average molecular weight is 282 g/mol. The number of fused-ring (bicyclic) bond motifs is 7. The molecule has 2 aliphatic carbocycles. The molecule has 106 valence electrons. The Morgan fingerprint density at radius 3 is 1.36 bits per heavy atom. The normalized spacial score (nSPS) is 14.5. The lowest BCUT2D eigenvalue weighted by atomic mass is 9.76. The summed E-state index contributed by atoms with van der Waals surface area (Å²) in [6.45, 7) is 0. The quantitative estimate of drug-likeness (QED) is 0.530. The molecule has 5 rings (SSSR count). The van der Waals surface area contributed by atoms with Crippen LogP contribution in [0.5, 0.6) is 0 Å². The van der Waals surface area contributed by atoms with Crippen LogP contribution in [0.2, 0.25) is 0 Å². The Balaban J connectivity index is 1.77. The van der Waals surface area contributed by atoms with Gasteiger partial charge in [-0.05, 0) is 70.2 Å². The summed E-state index contributed by atoms with van der Waals surface area (Å²) in [5.41, 5.74) is 12.1. The van der Waals surface area contributed by atoms with Gasteiger partial charge in [-0.15, -0.1) is 0 Å². The first-order valence-corrected chi connectivity index (χ1v) is 8.23. The lowest BCUT2D eigenvalue weighted by Gasteiger charge is -2.28. The highest BCUT2D eigenvalue weighted by Gasteiger charge is 2.23. The second-order valence-corrected chi connectivity index (χ2v) is 6.43. The monoisotopic (exact) mass is 282 g/mol. The van der Waals surface area contributed by atoms with E-state index in [-0.39, 0.29) is 0 Å². The van der Waals surface area contributed by atoms with Gasteiger partial charge in [0.2, 0.25) is 0 Å². The summed E-state index contributed by atoms with van der Waals surface area (Å²) in [6, 6.07) is 22.5. The summed E-state index contributed by atoms with van der Waals surface area (Å²) in [4.78, 5) is 0. The molecular weight excluding hydrogens is 264 g/mol. The molecule has 0 bridgehead atoms. The van der Waals surface area contributed by atoms with Crippen molar-refractivity contribution in [2.24, 2.45) is 0 Å². The van der Waals surface area contributed by atoms with E-state index < -0.39 is 0 Å². The van der Waals surface area contributed by atoms with Crippen LogP contribution in [-0.2, 0) is 25.7 Å². The molecule has 0 spiro atoms. The van der Waals surface area contributed by atoms with Gasteiger partial charge in [-0.25, -0.2) is 0 Å². The molecule has 0 aliphatic heterocycles. The first-order valence-electron chi connectivity index (χ1n) is 8.23. The van der Waals surface area contributed by atoms with Gasteiger partial charge >= 0.3 is 0 Å². The van der Waals surface area contributed by atoms with Crippen molar-refractivity contribution in [3.05, 3.63) is 82.9 Å². The number of rotatable bonds is 0. The Morgan fingerprint density at radius 1 is 0.409 bits per heavy atom. The standard InChI is InChI=1S/C22H18/c1-3-7-17-15(5-1)9-11-21-19(17)13-14-20-18-8-4-2-6-16(18)10-12-22(20)21/h1-8,13-14H,9-12H2. The van der Waals surface area contributed by atoms with Crippen LogP contribution in [0.4, 0.5) is 0 Å². The molecule has 0 saturated heterocycles. The number of hydrogen-bond acceptors (Lipinski definition) is 0. The average Bonchev–Trinajstić information content (AvgIpc) is 2.60. The molecule has 0 heteroatoms. The maximum atomic E-state index is 2.36. The maximum absolute atomic E-state index is 2.36. The van der Waals surface area contributed by atoms with Gasteiger partial charge in [0.15, 0.2) is 0 Å². The number of benzene rings is 3. The minimum absolute atomic E-state index is 1.18. The van der Waals surface area contributed by atoms with Gasteiger partial charge in [0.25, 0.3) is 0 Å². The summed E-state index contributed by atoms with van der Waals surface area (Å²) < 4.78 is 0. The van der Waals surface area contributed by atoms with Gasteiger partial charge in [-0.1, -0.05) is 60.7 Å². The fraction of sp³-hybridized carbons (Fsp3) is 0.182. The van der Waals surface area contributed by atoms with Crippen LogP contribution in [0, 0.1) is 0 Å². The molecule has 0 saturated carbocycles. The van der Waals surface area contributed by atoms with E-state index in [2.05, 4.69) is 60.7 Å². The van der Waals surface area contributed by atoms with E-state index in [1.165, 1.54) is 59.1 Å². The van der Waals surface area contributed by atoms with Crippen molar-refractivity contribution < 1.29 is 0 Å². The van der Waals surface area contributed by atoms with Crippen LogP contribution in [0.15, 0.2) is 60.7 Å². The smallest absolute Gasteiger partial charge is 0.0146 e. The van der Waals surface area contributed by atoms with E-state index in [9.17, 15) is 0 Å². The molecule has 0 unspecified atom stereocenters. The fourth-order valence-corrected chi connectivity index (χ4v) is 4.29. The van der Waals surface area contributed by atoms with Crippen molar-refractivity contribution in [1.82, 2.24) is 0 Å². The largest absolute Gasteiger partial charge is 0.0620 e. The summed E-state index contributed by atoms with van der Waals surface area (Å²) in [7, 11) is 0. The van der Waals surface area contributed by atoms with Gasteiger partial charge in [0.05, 0.1) is 0 Å². The molecule has 0 radical (unpaired) electrons. The summed E-state index contributed by atoms with van der Waals surface area (Å²) >= 11 is 0. The first kappa shape index (κ1) is 12.2. The zero-order valence-corrected chi connectivity index (χ0v) is 12.6. The third-order valence-electron chi connectivity index (χ3n) is 5.33. The van der Waals surface area contributed by atoms with Gasteiger partial charge in [-0.2, -0.15) is 0 Å². The van der Waals surface area contributed by atoms with Crippen molar-refractivity contribution in [2.45, 2.75) is 25.7 Å². The van der Waals surface area contributed by atoms with E-state index in [0.717, 1.165) is 0 Å². The summed E-state index contributed by atoms with van der Waals surface area (Å²) in [5.74, 6) is 0. The molecule has 3 aromatic carbocycles. The molecular formula is C22H18. The Kier molecular flexibility index (Phi) is 2.54. The minimum Gasteiger partial charge on any atom is -0.0620 e. The van der Waals surface area contributed by atoms with Crippen LogP contribution in [0.25, 0.3) is 22.3 Å². The number of hydrogen-bond donors (Lipinski definition) is 0. The Labute approximate surface area is 131 Å². The molecule has 0 nitrogen and oxygen atoms in total. The topological polar surface area (TPSA) is 0 Å². The predicted octanol–water partition coefficient (Wildman–Crippen LogP) is 5.22. The summed E-state index contributed by atoms with van der Waals surface area (Å²) in [6.07, 6.45) is 4.75. The molecule has 3 aromatic rings. The van der Waals surface area contributed by atoms with Gasteiger partial charge in [0.1, 0.15) is 0 Å². The highest BCUT2D eigenvalue weighted by atomic mass is 14.3. The number of aryl methyl sites for hydroxylation is 2. The molecule has 0 heterocycles. The second-order valence-electron chi connectivity index (χ2n) is 6.43. The van der Waals surface area contributed by atoms with Crippen molar-refractivity contribution in [3.63, 3.8) is 0 Å². The third kappa shape index (κ3) is 1.64. The molecule has 0 amide bonds. The van der Waals surface area contributed by atoms with Crippen LogP contribution in [0.1, 0.15) is 22.3 Å². The zero-order valence-electron chi connectivity index (χ0n) is 12.6. The lowest BCUT2D eigenvalue weighted by molar-refractivity contribution is 0.874. The fourth-order valence-electron chi connectivity index (χ4n) is 4.29. The summed E-state index contributed by atoms with van der Waals surface area (Å²) in [5, 5.41) is 0. The van der Waals surface area contributed by atoms with E-state index in [1.807, 2.05) is 0 Å². The van der Waals surface area contributed by atoms with Crippen molar-refractivity contribution in [3.8, 4) is 22.3 Å². The van der Waals surface area contributed by atoms with Crippen LogP contribution < -0.4 is 0 Å². The Hall–Kier alpha value is -2.34. The van der Waals surface area contributed by atoms with Crippen LogP contribution in [0.3, 0.4) is 0 Å². The molecule has 0 N–H and O–H groups in total. The SMILES string of the molecule is c1ccc2c(c1)CCc1c-2ccc2c1CCc1ccccc1-2. The van der Waals surface area contributed by atoms with E-state index in [0.29, 0.717) is 0 Å². The third-order valence-corrected chi connectivity index (χ3v) is 5.33. The van der Waals surface area contributed by atoms with Crippen molar-refractivity contribution in [1.29, 1.82) is 0 Å². The maximum Gasteiger partial charge on any atom is -0.0146 e. The molecule has 0 atom stereocenters. The van der Waals surface area contributed by atoms with Crippen molar-refractivity contribution >= 4 is 0 Å². The highest BCUT2D eigenvalue weighted by Crippen LogP contribution is 2.42. The van der Waals surface area contributed by atoms with Gasteiger partial charge in [0, 0.05) is 0 Å². The predicted molar refractivity (Wildman–Crippen MR) is 92.1 cm³/mol. The lowest BCUT2D eigenvalue weighted by Crippen LogP contribution is -2.12. The van der Waals surface area contributed by atoms with Crippen LogP contribution >= 0.6 is 0 Å².